The maximum absolute atomic E-state index is 14.1. The van der Waals surface area contributed by atoms with Crippen LogP contribution in [0.3, 0.4) is 0 Å². The Morgan fingerprint density at radius 2 is 1.54 bits per heavy atom. The van der Waals surface area contributed by atoms with Crippen molar-refractivity contribution < 1.29 is 13.9 Å². The number of anilines is 1. The fraction of sp³-hybridized carbons (Fsp3) is 0.136. The lowest BCUT2D eigenvalue weighted by atomic mass is 9.90. The second kappa shape index (κ2) is 8.30. The van der Waals surface area contributed by atoms with E-state index in [-0.39, 0.29) is 11.7 Å². The number of hydrogen-bond donors (Lipinski definition) is 1. The number of carbonyl (C=O) groups is 1. The predicted octanol–water partition coefficient (Wildman–Crippen LogP) is 5.00. The average Bonchev–Trinajstić information content (AvgIpc) is 2.66. The molecule has 0 fully saturated rings. The molecule has 0 aromatic heterocycles. The summed E-state index contributed by atoms with van der Waals surface area (Å²) in [5.41, 5.74) is 2.15. The molecule has 4 heteroatoms. The molecule has 0 aliphatic rings. The van der Waals surface area contributed by atoms with E-state index in [4.69, 9.17) is 4.74 Å². The highest BCUT2D eigenvalue weighted by atomic mass is 19.1. The Hall–Kier alpha value is -3.14. The Kier molecular flexibility index (Phi) is 5.64. The molecular formula is C22H20FNO2. The highest BCUT2D eigenvalue weighted by molar-refractivity contribution is 5.98. The second-order valence-electron chi connectivity index (χ2n) is 5.82. The molecule has 0 heterocycles. The quantitative estimate of drug-likeness (QED) is 0.680. The van der Waals surface area contributed by atoms with E-state index < -0.39 is 11.7 Å². The first kappa shape index (κ1) is 17.7. The van der Waals surface area contributed by atoms with Crippen molar-refractivity contribution in [2.24, 2.45) is 0 Å². The molecule has 3 aromatic carbocycles. The molecule has 3 rings (SSSR count). The first-order valence-electron chi connectivity index (χ1n) is 8.52. The maximum atomic E-state index is 14.1. The zero-order valence-corrected chi connectivity index (χ0v) is 14.5. The van der Waals surface area contributed by atoms with Crippen molar-refractivity contribution in [1.29, 1.82) is 0 Å². The van der Waals surface area contributed by atoms with Gasteiger partial charge in [-0.3, -0.25) is 4.79 Å². The van der Waals surface area contributed by atoms with E-state index in [0.29, 0.717) is 12.3 Å². The minimum Gasteiger partial charge on any atom is -0.491 e. The van der Waals surface area contributed by atoms with Crippen LogP contribution in [0.2, 0.25) is 0 Å². The number of rotatable bonds is 6. The van der Waals surface area contributed by atoms with Crippen molar-refractivity contribution in [3.05, 3.63) is 95.8 Å². The number of halogens is 1. The summed E-state index contributed by atoms with van der Waals surface area (Å²) < 4.78 is 19.3. The molecule has 0 saturated carbocycles. The van der Waals surface area contributed by atoms with Gasteiger partial charge >= 0.3 is 0 Å². The highest BCUT2D eigenvalue weighted by Crippen LogP contribution is 2.27. The van der Waals surface area contributed by atoms with E-state index in [1.54, 1.807) is 13.0 Å². The van der Waals surface area contributed by atoms with E-state index in [0.717, 1.165) is 11.1 Å². The van der Waals surface area contributed by atoms with Gasteiger partial charge in [0.1, 0.15) is 0 Å². The molecule has 3 nitrogen and oxygen atoms in total. The van der Waals surface area contributed by atoms with E-state index >= 15 is 0 Å². The lowest BCUT2D eigenvalue weighted by Crippen LogP contribution is -2.22. The Morgan fingerprint density at radius 3 is 2.04 bits per heavy atom. The van der Waals surface area contributed by atoms with Gasteiger partial charge in [-0.2, -0.15) is 0 Å². The summed E-state index contributed by atoms with van der Waals surface area (Å²) >= 11 is 0. The fourth-order valence-corrected chi connectivity index (χ4v) is 2.85. The minimum absolute atomic E-state index is 0.174. The molecule has 0 bridgehead atoms. The Bertz CT molecular complexity index is 826. The van der Waals surface area contributed by atoms with Gasteiger partial charge in [-0.25, -0.2) is 4.39 Å². The van der Waals surface area contributed by atoms with Crippen LogP contribution in [0.4, 0.5) is 10.1 Å². The molecule has 0 atom stereocenters. The molecule has 1 N–H and O–H groups in total. The van der Waals surface area contributed by atoms with Gasteiger partial charge in [-0.15, -0.1) is 0 Å². The number of carbonyl (C=O) groups excluding carboxylic acids is 1. The lowest BCUT2D eigenvalue weighted by molar-refractivity contribution is -0.116. The molecule has 0 aliphatic heterocycles. The number of amides is 1. The van der Waals surface area contributed by atoms with Gasteiger partial charge < -0.3 is 10.1 Å². The molecule has 0 saturated heterocycles. The highest BCUT2D eigenvalue weighted by Gasteiger charge is 2.22. The van der Waals surface area contributed by atoms with Crippen molar-refractivity contribution in [3.63, 3.8) is 0 Å². The molecule has 0 aliphatic carbocycles. The third kappa shape index (κ3) is 4.09. The maximum Gasteiger partial charge on any atom is 0.236 e. The molecule has 3 aromatic rings. The fourth-order valence-electron chi connectivity index (χ4n) is 2.85. The van der Waals surface area contributed by atoms with E-state index in [2.05, 4.69) is 5.32 Å². The largest absolute Gasteiger partial charge is 0.491 e. The van der Waals surface area contributed by atoms with Crippen LogP contribution < -0.4 is 10.1 Å². The summed E-state index contributed by atoms with van der Waals surface area (Å²) in [5, 5.41) is 2.81. The SMILES string of the molecule is CCOc1ccc(NC(=O)C(c2ccccc2)c2ccccc2)cc1F. The topological polar surface area (TPSA) is 38.3 Å². The summed E-state index contributed by atoms with van der Waals surface area (Å²) in [7, 11) is 0. The van der Waals surface area contributed by atoms with E-state index in [9.17, 15) is 9.18 Å². The summed E-state index contributed by atoms with van der Waals surface area (Å²) in [5.74, 6) is -1.02. The van der Waals surface area contributed by atoms with Crippen molar-refractivity contribution in [2.45, 2.75) is 12.8 Å². The number of ether oxygens (including phenoxy) is 1. The summed E-state index contributed by atoms with van der Waals surface area (Å²) in [6.45, 7) is 2.17. The monoisotopic (exact) mass is 349 g/mol. The predicted molar refractivity (Wildman–Crippen MR) is 101 cm³/mol. The number of nitrogens with one attached hydrogen (secondary N) is 1. The van der Waals surface area contributed by atoms with Gasteiger partial charge in [0, 0.05) is 11.8 Å². The van der Waals surface area contributed by atoms with Crippen LogP contribution in [0.5, 0.6) is 5.75 Å². The normalized spacial score (nSPS) is 10.6. The van der Waals surface area contributed by atoms with Gasteiger partial charge in [0.25, 0.3) is 0 Å². The zero-order chi connectivity index (χ0) is 18.4. The first-order chi connectivity index (χ1) is 12.7. The average molecular weight is 349 g/mol. The first-order valence-corrected chi connectivity index (χ1v) is 8.52. The third-order valence-electron chi connectivity index (χ3n) is 4.03. The van der Waals surface area contributed by atoms with Crippen molar-refractivity contribution in [3.8, 4) is 5.75 Å². The van der Waals surface area contributed by atoms with Gasteiger partial charge in [-0.05, 0) is 30.2 Å². The Labute approximate surface area is 152 Å². The molecule has 26 heavy (non-hydrogen) atoms. The molecular weight excluding hydrogens is 329 g/mol. The zero-order valence-electron chi connectivity index (χ0n) is 14.5. The third-order valence-corrected chi connectivity index (χ3v) is 4.03. The lowest BCUT2D eigenvalue weighted by Gasteiger charge is -2.18. The minimum atomic E-state index is -0.499. The number of benzene rings is 3. The van der Waals surface area contributed by atoms with Crippen LogP contribution in [-0.4, -0.2) is 12.5 Å². The van der Waals surface area contributed by atoms with Gasteiger partial charge in [0.15, 0.2) is 11.6 Å². The van der Waals surface area contributed by atoms with Crippen molar-refractivity contribution in [1.82, 2.24) is 0 Å². The molecule has 1 amide bonds. The summed E-state index contributed by atoms with van der Waals surface area (Å²) in [4.78, 5) is 13.0. The Balaban J connectivity index is 1.88. The molecule has 0 unspecified atom stereocenters. The Morgan fingerprint density at radius 1 is 0.962 bits per heavy atom. The molecule has 132 valence electrons. The van der Waals surface area contributed by atoms with Crippen LogP contribution in [-0.2, 0) is 4.79 Å². The van der Waals surface area contributed by atoms with E-state index in [1.165, 1.54) is 12.1 Å². The van der Waals surface area contributed by atoms with Gasteiger partial charge in [-0.1, -0.05) is 60.7 Å². The van der Waals surface area contributed by atoms with Crippen LogP contribution >= 0.6 is 0 Å². The van der Waals surface area contributed by atoms with Gasteiger partial charge in [0.2, 0.25) is 5.91 Å². The molecule has 0 spiro atoms. The van der Waals surface area contributed by atoms with Crippen molar-refractivity contribution >= 4 is 11.6 Å². The van der Waals surface area contributed by atoms with E-state index in [1.807, 2.05) is 60.7 Å². The molecule has 0 radical (unpaired) electrons. The second-order valence-corrected chi connectivity index (χ2v) is 5.82. The smallest absolute Gasteiger partial charge is 0.236 e. The van der Waals surface area contributed by atoms with Gasteiger partial charge in [0.05, 0.1) is 12.5 Å². The summed E-state index contributed by atoms with van der Waals surface area (Å²) in [6.07, 6.45) is 0. The van der Waals surface area contributed by atoms with Crippen LogP contribution in [0.25, 0.3) is 0 Å². The summed E-state index contributed by atoms with van der Waals surface area (Å²) in [6, 6.07) is 23.5. The number of hydrogen-bond acceptors (Lipinski definition) is 2. The van der Waals surface area contributed by atoms with Crippen LogP contribution in [0.15, 0.2) is 78.9 Å². The standard InChI is InChI=1S/C22H20FNO2/c1-2-26-20-14-13-18(15-19(20)23)24-22(25)21(16-9-5-3-6-10-16)17-11-7-4-8-12-17/h3-15,21H,2H2,1H3,(H,24,25). The van der Waals surface area contributed by atoms with Crippen LogP contribution in [0.1, 0.15) is 24.0 Å². The van der Waals surface area contributed by atoms with Crippen LogP contribution in [0, 0.1) is 5.82 Å². The van der Waals surface area contributed by atoms with Crippen molar-refractivity contribution in [2.75, 3.05) is 11.9 Å².